The van der Waals surface area contributed by atoms with E-state index in [0.717, 1.165) is 24.2 Å². The summed E-state index contributed by atoms with van der Waals surface area (Å²) in [5.41, 5.74) is 5.41. The molecule has 0 aliphatic carbocycles. The molecule has 6 nitrogen and oxygen atoms in total. The number of esters is 1. The number of hydrogen-bond donors (Lipinski definition) is 3. The van der Waals surface area contributed by atoms with Gasteiger partial charge in [-0.25, -0.2) is 10.2 Å². The Bertz CT molecular complexity index is 488. The van der Waals surface area contributed by atoms with Gasteiger partial charge >= 0.3 is 5.97 Å². The van der Waals surface area contributed by atoms with Gasteiger partial charge in [0, 0.05) is 12.6 Å². The molecule has 1 amide bonds. The van der Waals surface area contributed by atoms with Crippen LogP contribution in [0.2, 0.25) is 0 Å². The van der Waals surface area contributed by atoms with Crippen LogP contribution in [0.25, 0.3) is 0 Å². The van der Waals surface area contributed by atoms with Crippen LogP contribution in [0.1, 0.15) is 64.8 Å². The second-order valence-corrected chi connectivity index (χ2v) is 6.02. The third kappa shape index (κ3) is 6.03. The molecule has 0 aliphatic rings. The van der Waals surface area contributed by atoms with Crippen molar-refractivity contribution in [3.63, 3.8) is 0 Å². The summed E-state index contributed by atoms with van der Waals surface area (Å²) in [6.45, 7) is 2.88. The molecule has 0 aliphatic heterocycles. The van der Waals surface area contributed by atoms with Gasteiger partial charge in [0.1, 0.15) is 5.75 Å². The fourth-order valence-electron chi connectivity index (χ4n) is 1.93. The Kier molecular flexibility index (Phi) is 8.54. The molecule has 124 valence electrons. The number of hydrogen-bond acceptors (Lipinski definition) is 6. The molecule has 22 heavy (non-hydrogen) atoms. The first-order valence-corrected chi connectivity index (χ1v) is 8.36. The van der Waals surface area contributed by atoms with Gasteiger partial charge in [0.25, 0.3) is 5.91 Å². The van der Waals surface area contributed by atoms with Gasteiger partial charge in [-0.15, -0.1) is 11.3 Å². The van der Waals surface area contributed by atoms with Crippen molar-refractivity contribution in [2.24, 2.45) is 0 Å². The molecule has 0 fully saturated rings. The van der Waals surface area contributed by atoms with Crippen LogP contribution in [0.4, 0.5) is 0 Å². The Morgan fingerprint density at radius 3 is 2.59 bits per heavy atom. The van der Waals surface area contributed by atoms with Crippen LogP contribution in [0.5, 0.6) is 5.75 Å². The third-order valence-electron chi connectivity index (χ3n) is 3.16. The molecule has 1 aromatic heterocycles. The smallest absolute Gasteiger partial charge is 0.351 e. The Morgan fingerprint density at radius 2 is 1.91 bits per heavy atom. The fourth-order valence-corrected chi connectivity index (χ4v) is 2.79. The van der Waals surface area contributed by atoms with E-state index in [-0.39, 0.29) is 21.4 Å². The molecule has 1 aromatic rings. The lowest BCUT2D eigenvalue weighted by atomic mass is 10.1. The Hall–Kier alpha value is -1.60. The predicted molar refractivity (Wildman–Crippen MR) is 86.2 cm³/mol. The zero-order valence-electron chi connectivity index (χ0n) is 13.1. The van der Waals surface area contributed by atoms with Crippen LogP contribution < -0.4 is 10.9 Å². The summed E-state index contributed by atoms with van der Waals surface area (Å²) >= 11 is 0.901. The van der Waals surface area contributed by atoms with Crippen LogP contribution in [-0.2, 0) is 4.74 Å². The van der Waals surface area contributed by atoms with Gasteiger partial charge in [0.05, 0.1) is 12.0 Å². The molecule has 7 heteroatoms. The summed E-state index contributed by atoms with van der Waals surface area (Å²) in [7, 11) is 1.23. The highest BCUT2D eigenvalue weighted by Gasteiger charge is 2.19. The number of amides is 1. The first-order valence-electron chi connectivity index (χ1n) is 7.54. The molecule has 0 aromatic carbocycles. The maximum atomic E-state index is 11.9. The zero-order chi connectivity index (χ0) is 16.4. The Morgan fingerprint density at radius 1 is 1.23 bits per heavy atom. The van der Waals surface area contributed by atoms with Gasteiger partial charge in [-0.05, 0) is 6.42 Å². The number of hydrazine groups is 1. The van der Waals surface area contributed by atoms with Gasteiger partial charge in [0.15, 0.2) is 4.88 Å². The molecule has 0 radical (unpaired) electrons. The highest BCUT2D eigenvalue weighted by atomic mass is 32.1. The van der Waals surface area contributed by atoms with Crippen molar-refractivity contribution in [3.05, 3.63) is 15.8 Å². The van der Waals surface area contributed by atoms with Crippen LogP contribution in [0.3, 0.4) is 0 Å². The van der Waals surface area contributed by atoms with E-state index >= 15 is 0 Å². The molecule has 0 saturated heterocycles. The zero-order valence-corrected chi connectivity index (χ0v) is 13.9. The molecule has 1 heterocycles. The van der Waals surface area contributed by atoms with Crippen molar-refractivity contribution in [1.82, 2.24) is 10.9 Å². The average molecular weight is 328 g/mol. The van der Waals surface area contributed by atoms with Crippen molar-refractivity contribution in [1.29, 1.82) is 0 Å². The van der Waals surface area contributed by atoms with Gasteiger partial charge in [-0.1, -0.05) is 39.0 Å². The number of thiophene rings is 1. The van der Waals surface area contributed by atoms with Crippen molar-refractivity contribution in [2.45, 2.75) is 45.4 Å². The standard InChI is InChI=1S/C15H24N2O4S/c1-3-4-5-6-7-8-9-16-17-14(19)12-10-11(18)13(22-12)15(20)21-2/h10,16,18H,3-9H2,1-2H3,(H,17,19). The fraction of sp³-hybridized carbons (Fsp3) is 0.600. The Labute approximate surface area is 134 Å². The minimum atomic E-state index is -0.651. The van der Waals surface area contributed by atoms with Crippen LogP contribution >= 0.6 is 11.3 Å². The molecule has 1 rings (SSSR count). The lowest BCUT2D eigenvalue weighted by molar-refractivity contribution is 0.0603. The largest absolute Gasteiger partial charge is 0.506 e. The second kappa shape index (κ2) is 10.2. The van der Waals surface area contributed by atoms with E-state index in [4.69, 9.17) is 0 Å². The van der Waals surface area contributed by atoms with Gasteiger partial charge in [-0.3, -0.25) is 10.2 Å². The number of aromatic hydroxyl groups is 1. The van der Waals surface area contributed by atoms with E-state index < -0.39 is 5.97 Å². The molecule has 3 N–H and O–H groups in total. The van der Waals surface area contributed by atoms with Crippen LogP contribution in [0, 0.1) is 0 Å². The summed E-state index contributed by atoms with van der Waals surface area (Å²) in [6.07, 6.45) is 7.10. The average Bonchev–Trinajstić information content (AvgIpc) is 2.91. The molecule has 0 atom stereocenters. The van der Waals surface area contributed by atoms with E-state index in [2.05, 4.69) is 22.5 Å². The van der Waals surface area contributed by atoms with E-state index in [1.54, 1.807) is 0 Å². The van der Waals surface area contributed by atoms with Crippen molar-refractivity contribution in [3.8, 4) is 5.75 Å². The molecular weight excluding hydrogens is 304 g/mol. The SMILES string of the molecule is CCCCCCCCNNC(=O)c1cc(O)c(C(=O)OC)s1. The number of carbonyl (C=O) groups is 2. The number of unbranched alkanes of at least 4 members (excludes halogenated alkanes) is 5. The quantitative estimate of drug-likeness (QED) is 0.349. The first kappa shape index (κ1) is 18.4. The van der Waals surface area contributed by atoms with E-state index in [1.165, 1.54) is 38.9 Å². The van der Waals surface area contributed by atoms with Gasteiger partial charge < -0.3 is 9.84 Å². The molecule has 0 saturated carbocycles. The molecule has 0 unspecified atom stereocenters. The number of ether oxygens (including phenoxy) is 1. The van der Waals surface area contributed by atoms with Crippen molar-refractivity contribution in [2.75, 3.05) is 13.7 Å². The van der Waals surface area contributed by atoms with E-state index in [1.807, 2.05) is 0 Å². The monoisotopic (exact) mass is 328 g/mol. The van der Waals surface area contributed by atoms with Crippen LogP contribution in [0.15, 0.2) is 6.07 Å². The highest BCUT2D eigenvalue weighted by Crippen LogP contribution is 2.28. The maximum Gasteiger partial charge on any atom is 0.351 e. The number of nitrogens with one attached hydrogen (secondary N) is 2. The lowest BCUT2D eigenvalue weighted by Gasteiger charge is -2.05. The number of carbonyl (C=O) groups excluding carboxylic acids is 2. The first-order chi connectivity index (χ1) is 10.6. The normalized spacial score (nSPS) is 10.5. The van der Waals surface area contributed by atoms with Crippen molar-refractivity contribution >= 4 is 23.2 Å². The number of rotatable bonds is 10. The van der Waals surface area contributed by atoms with Crippen molar-refractivity contribution < 1.29 is 19.4 Å². The van der Waals surface area contributed by atoms with E-state index in [0.29, 0.717) is 6.54 Å². The van der Waals surface area contributed by atoms with E-state index in [9.17, 15) is 14.7 Å². The minimum absolute atomic E-state index is 0.0311. The van der Waals surface area contributed by atoms with Gasteiger partial charge in [-0.2, -0.15) is 0 Å². The minimum Gasteiger partial charge on any atom is -0.506 e. The summed E-state index contributed by atoms with van der Waals surface area (Å²) in [4.78, 5) is 23.5. The number of methoxy groups -OCH3 is 1. The predicted octanol–water partition coefficient (Wildman–Crippen LogP) is 2.84. The summed E-state index contributed by atoms with van der Waals surface area (Å²) in [6, 6.07) is 1.26. The second-order valence-electron chi connectivity index (χ2n) is 4.97. The Balaban J connectivity index is 2.27. The molecule has 0 bridgehead atoms. The summed E-state index contributed by atoms with van der Waals surface area (Å²) in [5, 5.41) is 9.60. The van der Waals surface area contributed by atoms with Gasteiger partial charge in [0.2, 0.25) is 0 Å². The molecule has 0 spiro atoms. The summed E-state index contributed by atoms with van der Waals surface area (Å²) in [5.74, 6) is -1.26. The molecular formula is C15H24N2O4S. The third-order valence-corrected chi connectivity index (χ3v) is 4.27. The topological polar surface area (TPSA) is 87.7 Å². The van der Waals surface area contributed by atoms with Crippen LogP contribution in [-0.4, -0.2) is 30.6 Å². The lowest BCUT2D eigenvalue weighted by Crippen LogP contribution is -2.37. The maximum absolute atomic E-state index is 11.9. The summed E-state index contributed by atoms with van der Waals surface area (Å²) < 4.78 is 4.53. The highest BCUT2D eigenvalue weighted by molar-refractivity contribution is 7.16.